The van der Waals surface area contributed by atoms with E-state index in [4.69, 9.17) is 10.00 Å². The molecule has 0 radical (unpaired) electrons. The third-order valence-corrected chi connectivity index (χ3v) is 1.78. The normalized spacial score (nSPS) is 10.5. The highest BCUT2D eigenvalue weighted by Crippen LogP contribution is 2.17. The van der Waals surface area contributed by atoms with Crippen LogP contribution in [0.5, 0.6) is 0 Å². The molecule has 0 bridgehead atoms. The Bertz CT molecular complexity index is 375. The zero-order chi connectivity index (χ0) is 11.1. The number of hydrogen-bond acceptors (Lipinski definition) is 4. The summed E-state index contributed by atoms with van der Waals surface area (Å²) >= 11 is 0. The topological polar surface area (TPSA) is 63.2 Å². The second-order valence-corrected chi connectivity index (χ2v) is 2.91. The lowest BCUT2D eigenvalue weighted by Gasteiger charge is -2.00. The molecule has 0 unspecified atom stereocenters. The van der Waals surface area contributed by atoms with Crippen LogP contribution in [0.25, 0.3) is 0 Å². The van der Waals surface area contributed by atoms with Crippen molar-refractivity contribution in [3.63, 3.8) is 0 Å². The average molecular weight is 206 g/mol. The minimum absolute atomic E-state index is 0.472. The Balaban J connectivity index is 2.90. The number of nitrogens with zero attached hydrogens (tertiary/aromatic N) is 4. The first kappa shape index (κ1) is 11.2. The van der Waals surface area contributed by atoms with E-state index in [1.807, 2.05) is 19.9 Å². The number of hydrogen-bond donors (Lipinski definition) is 0. The number of rotatable bonds is 5. The van der Waals surface area contributed by atoms with Gasteiger partial charge in [0.1, 0.15) is 11.6 Å². The van der Waals surface area contributed by atoms with Crippen molar-refractivity contribution in [3.05, 3.63) is 11.8 Å². The maximum absolute atomic E-state index is 8.84. The Morgan fingerprint density at radius 2 is 2.47 bits per heavy atom. The molecule has 80 valence electrons. The van der Waals surface area contributed by atoms with Crippen LogP contribution in [0.4, 0.5) is 5.82 Å². The summed E-state index contributed by atoms with van der Waals surface area (Å²) in [6.45, 7) is 5.23. The maximum atomic E-state index is 8.84. The van der Waals surface area contributed by atoms with Gasteiger partial charge in [-0.3, -0.25) is 0 Å². The highest BCUT2D eigenvalue weighted by molar-refractivity contribution is 5.58. The molecule has 0 spiro atoms. The van der Waals surface area contributed by atoms with Crippen LogP contribution in [-0.2, 0) is 11.3 Å². The van der Waals surface area contributed by atoms with Crippen LogP contribution in [0, 0.1) is 11.3 Å². The molecule has 0 aliphatic heterocycles. The van der Waals surface area contributed by atoms with Gasteiger partial charge in [-0.1, -0.05) is 6.92 Å². The van der Waals surface area contributed by atoms with Crippen LogP contribution in [-0.4, -0.2) is 22.8 Å². The third kappa shape index (κ3) is 2.81. The second kappa shape index (κ2) is 5.81. The minimum Gasteiger partial charge on any atom is -0.483 e. The number of aryl methyl sites for hydroxylation is 1. The molecular weight excluding hydrogens is 192 g/mol. The summed E-state index contributed by atoms with van der Waals surface area (Å²) in [6, 6.07) is 2.05. The first-order valence-corrected chi connectivity index (χ1v) is 4.93. The van der Waals surface area contributed by atoms with Crippen LogP contribution in [0.3, 0.4) is 0 Å². The van der Waals surface area contributed by atoms with Crippen molar-refractivity contribution in [2.24, 2.45) is 4.99 Å². The Hall–Kier alpha value is -1.83. The molecule has 5 heteroatoms. The Labute approximate surface area is 89.0 Å². The van der Waals surface area contributed by atoms with E-state index in [2.05, 4.69) is 10.1 Å². The van der Waals surface area contributed by atoms with Gasteiger partial charge in [0.25, 0.3) is 0 Å². The average Bonchev–Trinajstić information content (AvgIpc) is 2.62. The lowest BCUT2D eigenvalue weighted by atomic mass is 10.3. The Morgan fingerprint density at radius 1 is 1.67 bits per heavy atom. The Morgan fingerprint density at radius 3 is 3.07 bits per heavy atom. The molecule has 0 atom stereocenters. The molecule has 1 aromatic rings. The highest BCUT2D eigenvalue weighted by Gasteiger charge is 2.07. The van der Waals surface area contributed by atoms with Gasteiger partial charge in [0.05, 0.1) is 12.8 Å². The van der Waals surface area contributed by atoms with E-state index in [0.717, 1.165) is 13.0 Å². The zero-order valence-electron chi connectivity index (χ0n) is 8.97. The summed E-state index contributed by atoms with van der Waals surface area (Å²) in [7, 11) is 0. The molecule has 0 aromatic carbocycles. The molecule has 0 amide bonds. The summed E-state index contributed by atoms with van der Waals surface area (Å²) in [6.07, 6.45) is 3.82. The van der Waals surface area contributed by atoms with Gasteiger partial charge in [-0.15, -0.1) is 0 Å². The van der Waals surface area contributed by atoms with Crippen LogP contribution < -0.4 is 0 Å². The lowest BCUT2D eigenvalue weighted by molar-refractivity contribution is 0.343. The highest BCUT2D eigenvalue weighted by atomic mass is 16.5. The Kier molecular flexibility index (Phi) is 4.35. The van der Waals surface area contributed by atoms with Gasteiger partial charge in [-0.05, 0) is 13.3 Å². The standard InChI is InChI=1S/C10H14N4O/c1-3-5-14-10(12-8-15-4-2)9(6-11)7-13-14/h7-8H,3-5H2,1-2H3/b12-8+. The van der Waals surface area contributed by atoms with E-state index in [-0.39, 0.29) is 0 Å². The zero-order valence-corrected chi connectivity index (χ0v) is 8.97. The predicted molar refractivity (Wildman–Crippen MR) is 57.0 cm³/mol. The molecule has 0 N–H and O–H groups in total. The van der Waals surface area contributed by atoms with Crippen molar-refractivity contribution in [1.82, 2.24) is 9.78 Å². The number of aliphatic imine (C=N–C) groups is 1. The van der Waals surface area contributed by atoms with E-state index in [1.54, 1.807) is 4.68 Å². The van der Waals surface area contributed by atoms with Gasteiger partial charge in [-0.25, -0.2) is 4.68 Å². The molecule has 0 aliphatic carbocycles. The van der Waals surface area contributed by atoms with Gasteiger partial charge in [0, 0.05) is 6.54 Å². The maximum Gasteiger partial charge on any atom is 0.176 e. The molecule has 15 heavy (non-hydrogen) atoms. The summed E-state index contributed by atoms with van der Waals surface area (Å²) in [5.41, 5.74) is 0.472. The largest absolute Gasteiger partial charge is 0.483 e. The van der Waals surface area contributed by atoms with Gasteiger partial charge in [0.15, 0.2) is 12.2 Å². The molecule has 0 saturated carbocycles. The van der Waals surface area contributed by atoms with Crippen molar-refractivity contribution in [2.45, 2.75) is 26.8 Å². The fraction of sp³-hybridized carbons (Fsp3) is 0.500. The predicted octanol–water partition coefficient (Wildman–Crippen LogP) is 1.86. The number of nitriles is 1. The molecule has 0 saturated heterocycles. The van der Waals surface area contributed by atoms with E-state index < -0.39 is 0 Å². The van der Waals surface area contributed by atoms with Crippen LogP contribution in [0.15, 0.2) is 11.2 Å². The minimum atomic E-state index is 0.472. The van der Waals surface area contributed by atoms with Crippen LogP contribution in [0.1, 0.15) is 25.8 Å². The molecule has 0 aliphatic rings. The van der Waals surface area contributed by atoms with E-state index in [9.17, 15) is 0 Å². The van der Waals surface area contributed by atoms with Gasteiger partial charge < -0.3 is 4.74 Å². The van der Waals surface area contributed by atoms with Gasteiger partial charge in [0.2, 0.25) is 0 Å². The molecule has 1 heterocycles. The van der Waals surface area contributed by atoms with Crippen LogP contribution >= 0.6 is 0 Å². The molecule has 1 aromatic heterocycles. The van der Waals surface area contributed by atoms with Crippen molar-refractivity contribution >= 4 is 12.2 Å². The summed E-state index contributed by atoms with van der Waals surface area (Å²) < 4.78 is 6.70. The monoisotopic (exact) mass is 206 g/mol. The van der Waals surface area contributed by atoms with Gasteiger partial charge >= 0.3 is 0 Å². The molecular formula is C10H14N4O. The second-order valence-electron chi connectivity index (χ2n) is 2.91. The quantitative estimate of drug-likeness (QED) is 0.545. The van der Waals surface area contributed by atoms with Crippen molar-refractivity contribution in [3.8, 4) is 6.07 Å². The summed E-state index contributed by atoms with van der Waals surface area (Å²) in [4.78, 5) is 4.08. The first-order chi connectivity index (χ1) is 7.33. The fourth-order valence-electron chi connectivity index (χ4n) is 1.13. The molecule has 1 rings (SSSR count). The number of aromatic nitrogens is 2. The van der Waals surface area contributed by atoms with Crippen LogP contribution in [0.2, 0.25) is 0 Å². The van der Waals surface area contributed by atoms with E-state index in [0.29, 0.717) is 18.0 Å². The fourth-order valence-corrected chi connectivity index (χ4v) is 1.13. The van der Waals surface area contributed by atoms with Crippen molar-refractivity contribution < 1.29 is 4.74 Å². The molecule has 0 fully saturated rings. The SMILES string of the molecule is CCCn1ncc(C#N)c1/N=C/OCC. The lowest BCUT2D eigenvalue weighted by Crippen LogP contribution is -1.98. The molecule has 5 nitrogen and oxygen atoms in total. The summed E-state index contributed by atoms with van der Waals surface area (Å²) in [5, 5.41) is 12.9. The van der Waals surface area contributed by atoms with Gasteiger partial charge in [-0.2, -0.15) is 15.4 Å². The van der Waals surface area contributed by atoms with Crippen molar-refractivity contribution in [2.75, 3.05) is 6.61 Å². The van der Waals surface area contributed by atoms with E-state index >= 15 is 0 Å². The van der Waals surface area contributed by atoms with Crippen molar-refractivity contribution in [1.29, 1.82) is 5.26 Å². The summed E-state index contributed by atoms with van der Waals surface area (Å²) in [5.74, 6) is 0.563. The smallest absolute Gasteiger partial charge is 0.176 e. The first-order valence-electron chi connectivity index (χ1n) is 4.93. The van der Waals surface area contributed by atoms with E-state index in [1.165, 1.54) is 12.6 Å². The third-order valence-electron chi connectivity index (χ3n) is 1.78. The number of ether oxygens (including phenoxy) is 1.